The van der Waals surface area contributed by atoms with Gasteiger partial charge in [-0.05, 0) is 42.0 Å². The quantitative estimate of drug-likeness (QED) is 0.772. The van der Waals surface area contributed by atoms with E-state index in [4.69, 9.17) is 4.74 Å². The van der Waals surface area contributed by atoms with E-state index in [1.54, 1.807) is 19.5 Å². The number of ether oxygens (including phenoxy) is 1. The van der Waals surface area contributed by atoms with Gasteiger partial charge in [-0.1, -0.05) is 0 Å². The molecule has 0 atom stereocenters. The van der Waals surface area contributed by atoms with Crippen molar-refractivity contribution in [1.82, 2.24) is 15.3 Å². The van der Waals surface area contributed by atoms with Gasteiger partial charge in [0.2, 0.25) is 0 Å². The summed E-state index contributed by atoms with van der Waals surface area (Å²) in [5.74, 6) is 0.632. The van der Waals surface area contributed by atoms with Gasteiger partial charge < -0.3 is 15.0 Å². The lowest BCUT2D eigenvalue weighted by molar-refractivity contribution is 0.0946. The van der Waals surface area contributed by atoms with Gasteiger partial charge in [-0.2, -0.15) is 0 Å². The normalized spacial score (nSPS) is 10.5. The van der Waals surface area contributed by atoms with Crippen LogP contribution in [0.2, 0.25) is 0 Å². The summed E-state index contributed by atoms with van der Waals surface area (Å²) in [5, 5.41) is 3.82. The van der Waals surface area contributed by atoms with Gasteiger partial charge in [0, 0.05) is 29.8 Å². The molecule has 0 bridgehead atoms. The number of methoxy groups -OCH3 is 1. The highest BCUT2D eigenvalue weighted by atomic mass is 16.5. The highest BCUT2D eigenvalue weighted by Gasteiger charge is 2.09. The first kappa shape index (κ1) is 13.2. The van der Waals surface area contributed by atoms with E-state index in [2.05, 4.69) is 15.3 Å². The topological polar surface area (TPSA) is 67.0 Å². The molecule has 0 saturated heterocycles. The zero-order valence-electron chi connectivity index (χ0n) is 11.6. The van der Waals surface area contributed by atoms with Gasteiger partial charge in [0.05, 0.1) is 7.11 Å². The lowest BCUT2D eigenvalue weighted by Gasteiger charge is -2.03. The fourth-order valence-corrected chi connectivity index (χ4v) is 2.14. The van der Waals surface area contributed by atoms with Gasteiger partial charge in [0.15, 0.2) is 0 Å². The first-order valence-electron chi connectivity index (χ1n) is 6.60. The molecule has 0 fully saturated rings. The highest BCUT2D eigenvalue weighted by molar-refractivity contribution is 5.98. The maximum Gasteiger partial charge on any atom is 0.267 e. The predicted octanol–water partition coefficient (Wildman–Crippen LogP) is 2.50. The standard InChI is InChI=1S/C16H15N3O2/c1-21-13-2-3-14-12(8-13)9-15(19-14)16(20)18-10-11-4-6-17-7-5-11/h2-9,19H,10H2,1H3,(H,18,20). The van der Waals surface area contributed by atoms with Crippen LogP contribution in [0.25, 0.3) is 10.9 Å². The molecule has 2 aromatic heterocycles. The van der Waals surface area contributed by atoms with Crippen LogP contribution in [-0.2, 0) is 6.54 Å². The SMILES string of the molecule is COc1ccc2[nH]c(C(=O)NCc3ccncc3)cc2c1. The number of H-pyrrole nitrogens is 1. The molecule has 106 valence electrons. The molecule has 1 amide bonds. The number of amides is 1. The first-order valence-corrected chi connectivity index (χ1v) is 6.60. The third-order valence-corrected chi connectivity index (χ3v) is 3.27. The van der Waals surface area contributed by atoms with Crippen LogP contribution in [0.1, 0.15) is 16.1 Å². The Bertz CT molecular complexity index is 766. The number of fused-ring (bicyclic) bond motifs is 1. The fraction of sp³-hybridized carbons (Fsp3) is 0.125. The number of benzene rings is 1. The van der Waals surface area contributed by atoms with E-state index in [1.807, 2.05) is 36.4 Å². The van der Waals surface area contributed by atoms with Crippen LogP contribution >= 0.6 is 0 Å². The summed E-state index contributed by atoms with van der Waals surface area (Å²) in [4.78, 5) is 19.2. The summed E-state index contributed by atoms with van der Waals surface area (Å²) >= 11 is 0. The van der Waals surface area contributed by atoms with E-state index in [0.29, 0.717) is 12.2 Å². The zero-order chi connectivity index (χ0) is 14.7. The van der Waals surface area contributed by atoms with Crippen molar-refractivity contribution < 1.29 is 9.53 Å². The average Bonchev–Trinajstić information content (AvgIpc) is 2.96. The molecule has 0 saturated carbocycles. The second kappa shape index (κ2) is 5.66. The van der Waals surface area contributed by atoms with E-state index < -0.39 is 0 Å². The van der Waals surface area contributed by atoms with Gasteiger partial charge in [-0.25, -0.2) is 0 Å². The molecule has 2 N–H and O–H groups in total. The van der Waals surface area contributed by atoms with Crippen molar-refractivity contribution in [1.29, 1.82) is 0 Å². The van der Waals surface area contributed by atoms with Crippen LogP contribution in [0.5, 0.6) is 5.75 Å². The van der Waals surface area contributed by atoms with Gasteiger partial charge in [0.25, 0.3) is 5.91 Å². The maximum atomic E-state index is 12.2. The molecular formula is C16H15N3O2. The molecule has 0 aliphatic heterocycles. The monoisotopic (exact) mass is 281 g/mol. The Hall–Kier alpha value is -2.82. The summed E-state index contributed by atoms with van der Waals surface area (Å²) in [5.41, 5.74) is 2.45. The molecule has 0 unspecified atom stereocenters. The molecule has 2 heterocycles. The molecule has 5 heteroatoms. The fourth-order valence-electron chi connectivity index (χ4n) is 2.14. The molecule has 0 aliphatic carbocycles. The van der Waals surface area contributed by atoms with Crippen molar-refractivity contribution in [3.63, 3.8) is 0 Å². The molecular weight excluding hydrogens is 266 g/mol. The lowest BCUT2D eigenvalue weighted by Crippen LogP contribution is -2.23. The molecule has 0 spiro atoms. The van der Waals surface area contributed by atoms with E-state index in [1.165, 1.54) is 0 Å². The number of aromatic amines is 1. The van der Waals surface area contributed by atoms with Crippen molar-refractivity contribution >= 4 is 16.8 Å². The van der Waals surface area contributed by atoms with Gasteiger partial charge in [0.1, 0.15) is 11.4 Å². The summed E-state index contributed by atoms with van der Waals surface area (Å²) in [6, 6.07) is 11.2. The van der Waals surface area contributed by atoms with Crippen LogP contribution < -0.4 is 10.1 Å². The van der Waals surface area contributed by atoms with Crippen molar-refractivity contribution in [3.8, 4) is 5.75 Å². The Morgan fingerprint density at radius 3 is 2.81 bits per heavy atom. The Labute approximate surface area is 122 Å². The lowest BCUT2D eigenvalue weighted by atomic mass is 10.2. The molecule has 3 aromatic rings. The van der Waals surface area contributed by atoms with Crippen molar-refractivity contribution in [3.05, 3.63) is 60.0 Å². The van der Waals surface area contributed by atoms with E-state index >= 15 is 0 Å². The Morgan fingerprint density at radius 2 is 2.05 bits per heavy atom. The minimum absolute atomic E-state index is 0.137. The summed E-state index contributed by atoms with van der Waals surface area (Å²) < 4.78 is 5.18. The van der Waals surface area contributed by atoms with Crippen molar-refractivity contribution in [2.45, 2.75) is 6.54 Å². The Balaban J connectivity index is 1.75. The van der Waals surface area contributed by atoms with Crippen molar-refractivity contribution in [2.24, 2.45) is 0 Å². The molecule has 5 nitrogen and oxygen atoms in total. The number of hydrogen-bond donors (Lipinski definition) is 2. The molecule has 0 radical (unpaired) electrons. The largest absolute Gasteiger partial charge is 0.497 e. The minimum atomic E-state index is -0.137. The van der Waals surface area contributed by atoms with E-state index in [0.717, 1.165) is 22.2 Å². The number of hydrogen-bond acceptors (Lipinski definition) is 3. The Morgan fingerprint density at radius 1 is 1.24 bits per heavy atom. The third kappa shape index (κ3) is 2.86. The summed E-state index contributed by atoms with van der Waals surface area (Å²) in [7, 11) is 1.62. The van der Waals surface area contributed by atoms with Crippen LogP contribution in [0, 0.1) is 0 Å². The Kier molecular flexibility index (Phi) is 3.55. The number of nitrogens with one attached hydrogen (secondary N) is 2. The highest BCUT2D eigenvalue weighted by Crippen LogP contribution is 2.21. The second-order valence-corrected chi connectivity index (χ2v) is 4.67. The second-order valence-electron chi connectivity index (χ2n) is 4.67. The number of nitrogens with zero attached hydrogens (tertiary/aromatic N) is 1. The molecule has 1 aromatic carbocycles. The predicted molar refractivity (Wildman–Crippen MR) is 80.3 cm³/mol. The molecule has 0 aliphatic rings. The summed E-state index contributed by atoms with van der Waals surface area (Å²) in [6.45, 7) is 0.472. The summed E-state index contributed by atoms with van der Waals surface area (Å²) in [6.07, 6.45) is 3.41. The minimum Gasteiger partial charge on any atom is -0.497 e. The molecule has 3 rings (SSSR count). The van der Waals surface area contributed by atoms with Crippen LogP contribution in [0.15, 0.2) is 48.8 Å². The van der Waals surface area contributed by atoms with Crippen LogP contribution in [0.3, 0.4) is 0 Å². The van der Waals surface area contributed by atoms with Crippen LogP contribution in [0.4, 0.5) is 0 Å². The van der Waals surface area contributed by atoms with Crippen LogP contribution in [-0.4, -0.2) is 23.0 Å². The number of carbonyl (C=O) groups is 1. The number of aromatic nitrogens is 2. The zero-order valence-corrected chi connectivity index (χ0v) is 11.6. The number of carbonyl (C=O) groups excluding carboxylic acids is 1. The number of rotatable bonds is 4. The van der Waals surface area contributed by atoms with E-state index in [9.17, 15) is 4.79 Å². The van der Waals surface area contributed by atoms with Crippen molar-refractivity contribution in [2.75, 3.05) is 7.11 Å². The van der Waals surface area contributed by atoms with E-state index in [-0.39, 0.29) is 5.91 Å². The van der Waals surface area contributed by atoms with Gasteiger partial charge in [-0.3, -0.25) is 9.78 Å². The maximum absolute atomic E-state index is 12.2. The first-order chi connectivity index (χ1) is 10.3. The van der Waals surface area contributed by atoms with Gasteiger partial charge >= 0.3 is 0 Å². The third-order valence-electron chi connectivity index (χ3n) is 3.27. The average molecular weight is 281 g/mol. The number of pyridine rings is 1. The molecule has 21 heavy (non-hydrogen) atoms. The van der Waals surface area contributed by atoms with Gasteiger partial charge in [-0.15, -0.1) is 0 Å². The smallest absolute Gasteiger partial charge is 0.267 e.